The number of halogens is 2. The van der Waals surface area contributed by atoms with Crippen molar-refractivity contribution >= 4 is 28.3 Å². The molecule has 0 aromatic heterocycles. The molecule has 0 aliphatic rings. The first kappa shape index (κ1) is 16.4. The highest BCUT2D eigenvalue weighted by Gasteiger charge is 2.03. The zero-order valence-corrected chi connectivity index (χ0v) is 11.9. The summed E-state index contributed by atoms with van der Waals surface area (Å²) in [5, 5.41) is 11.8. The highest BCUT2D eigenvalue weighted by atomic mass is 79.9. The van der Waals surface area contributed by atoms with Gasteiger partial charge in [0.2, 0.25) is 0 Å². The summed E-state index contributed by atoms with van der Waals surface area (Å²) in [7, 11) is 0. The number of hydrogen-bond acceptors (Lipinski definition) is 3. The second-order valence-corrected chi connectivity index (χ2v) is 4.17. The van der Waals surface area contributed by atoms with Crippen LogP contribution in [0.1, 0.15) is 5.56 Å². The molecule has 3 nitrogen and oxygen atoms in total. The van der Waals surface area contributed by atoms with Crippen molar-refractivity contribution in [3.63, 3.8) is 0 Å². The Labute approximate surface area is 116 Å². The first-order valence-electron chi connectivity index (χ1n) is 5.11. The monoisotopic (exact) mass is 321 g/mol. The minimum absolute atomic E-state index is 0. The molecule has 0 saturated carbocycles. The predicted molar refractivity (Wildman–Crippen MR) is 75.9 cm³/mol. The highest BCUT2D eigenvalue weighted by Crippen LogP contribution is 2.23. The zero-order valence-electron chi connectivity index (χ0n) is 9.49. The molecule has 0 bridgehead atoms. The molecule has 2 N–H and O–H groups in total. The zero-order chi connectivity index (χ0) is 11.8. The summed E-state index contributed by atoms with van der Waals surface area (Å²) in [6.45, 7) is 5.50. The van der Waals surface area contributed by atoms with Crippen LogP contribution in [0, 0.1) is 0 Å². The van der Waals surface area contributed by atoms with Gasteiger partial charge in [0.05, 0.1) is 6.61 Å². The lowest BCUT2D eigenvalue weighted by Gasteiger charge is -2.11. The maximum atomic E-state index is 8.69. The molecule has 0 unspecified atom stereocenters. The molecule has 0 radical (unpaired) electrons. The number of benzene rings is 1. The van der Waals surface area contributed by atoms with Gasteiger partial charge >= 0.3 is 0 Å². The van der Waals surface area contributed by atoms with Crippen LogP contribution in [0.4, 0.5) is 0 Å². The standard InChI is InChI=1S/C12H16BrNO2.ClH/c1-2-7-16-12-4-3-11(13)8-10(12)9-14-5-6-15;/h2-4,8,14-15H,1,5-7,9H2;1H. The van der Waals surface area contributed by atoms with Crippen molar-refractivity contribution < 1.29 is 9.84 Å². The average molecular weight is 323 g/mol. The van der Waals surface area contributed by atoms with E-state index in [1.54, 1.807) is 6.08 Å². The summed E-state index contributed by atoms with van der Waals surface area (Å²) in [5.74, 6) is 0.841. The molecule has 1 aromatic carbocycles. The number of hydrogen-bond donors (Lipinski definition) is 2. The second-order valence-electron chi connectivity index (χ2n) is 3.25. The molecule has 1 rings (SSSR count). The van der Waals surface area contributed by atoms with Crippen molar-refractivity contribution in [1.29, 1.82) is 0 Å². The Kier molecular flexibility index (Phi) is 9.17. The number of aliphatic hydroxyl groups excluding tert-OH is 1. The van der Waals surface area contributed by atoms with Crippen molar-refractivity contribution in [2.45, 2.75) is 6.54 Å². The number of nitrogens with one attached hydrogen (secondary N) is 1. The Balaban J connectivity index is 0.00000256. The topological polar surface area (TPSA) is 41.5 Å². The summed E-state index contributed by atoms with van der Waals surface area (Å²) < 4.78 is 6.54. The van der Waals surface area contributed by atoms with Crippen LogP contribution in [0.15, 0.2) is 35.3 Å². The van der Waals surface area contributed by atoms with E-state index in [2.05, 4.69) is 27.8 Å². The van der Waals surface area contributed by atoms with Gasteiger partial charge in [0.1, 0.15) is 12.4 Å². The fourth-order valence-corrected chi connectivity index (χ4v) is 1.69. The molecule has 0 spiro atoms. The largest absolute Gasteiger partial charge is 0.489 e. The van der Waals surface area contributed by atoms with Crippen LogP contribution in [0.5, 0.6) is 5.75 Å². The summed E-state index contributed by atoms with van der Waals surface area (Å²) >= 11 is 3.42. The molecule has 0 aliphatic carbocycles. The SMILES string of the molecule is C=CCOc1ccc(Br)cc1CNCCO.Cl. The van der Waals surface area contributed by atoms with Gasteiger partial charge in [-0.2, -0.15) is 0 Å². The van der Waals surface area contributed by atoms with Crippen LogP contribution in [0.3, 0.4) is 0 Å². The van der Waals surface area contributed by atoms with Gasteiger partial charge in [0.15, 0.2) is 0 Å². The van der Waals surface area contributed by atoms with Crippen molar-refractivity contribution in [2.24, 2.45) is 0 Å². The fraction of sp³-hybridized carbons (Fsp3) is 0.333. The van der Waals surface area contributed by atoms with Crippen LogP contribution in [-0.2, 0) is 6.54 Å². The first-order chi connectivity index (χ1) is 7.77. The van der Waals surface area contributed by atoms with Gasteiger partial charge in [-0.3, -0.25) is 0 Å². The third-order valence-corrected chi connectivity index (χ3v) is 2.48. The van der Waals surface area contributed by atoms with E-state index in [1.165, 1.54) is 0 Å². The Morgan fingerprint density at radius 3 is 2.88 bits per heavy atom. The lowest BCUT2D eigenvalue weighted by molar-refractivity contribution is 0.291. The number of aliphatic hydroxyl groups is 1. The molecule has 17 heavy (non-hydrogen) atoms. The van der Waals surface area contributed by atoms with Gasteiger partial charge in [-0.1, -0.05) is 28.6 Å². The maximum absolute atomic E-state index is 8.69. The van der Waals surface area contributed by atoms with E-state index in [0.717, 1.165) is 15.8 Å². The average Bonchev–Trinajstić information content (AvgIpc) is 2.28. The lowest BCUT2D eigenvalue weighted by atomic mass is 10.2. The van der Waals surface area contributed by atoms with E-state index in [4.69, 9.17) is 9.84 Å². The van der Waals surface area contributed by atoms with Crippen molar-refractivity contribution in [2.75, 3.05) is 19.8 Å². The van der Waals surface area contributed by atoms with Gasteiger partial charge in [-0.15, -0.1) is 12.4 Å². The van der Waals surface area contributed by atoms with Crippen LogP contribution < -0.4 is 10.1 Å². The normalized spacial score (nSPS) is 9.53. The Morgan fingerprint density at radius 1 is 1.47 bits per heavy atom. The Hall–Kier alpha value is -0.550. The Bertz CT molecular complexity index is 347. The van der Waals surface area contributed by atoms with Crippen molar-refractivity contribution in [3.8, 4) is 5.75 Å². The van der Waals surface area contributed by atoms with Crippen molar-refractivity contribution in [1.82, 2.24) is 5.32 Å². The highest BCUT2D eigenvalue weighted by molar-refractivity contribution is 9.10. The van der Waals surface area contributed by atoms with Gasteiger partial charge in [0, 0.05) is 23.1 Å². The van der Waals surface area contributed by atoms with Crippen LogP contribution >= 0.6 is 28.3 Å². The maximum Gasteiger partial charge on any atom is 0.124 e. The third kappa shape index (κ3) is 6.07. The molecule has 0 amide bonds. The molecular formula is C12H17BrClNO2. The molecule has 0 aliphatic heterocycles. The summed E-state index contributed by atoms with van der Waals surface area (Å²) in [6.07, 6.45) is 1.72. The second kappa shape index (κ2) is 9.48. The van der Waals surface area contributed by atoms with Crippen molar-refractivity contribution in [3.05, 3.63) is 40.9 Å². The molecule has 0 saturated heterocycles. The van der Waals surface area contributed by atoms with E-state index < -0.39 is 0 Å². The van der Waals surface area contributed by atoms with E-state index in [-0.39, 0.29) is 19.0 Å². The molecule has 0 heterocycles. The van der Waals surface area contributed by atoms with Gasteiger partial charge in [-0.25, -0.2) is 0 Å². The third-order valence-electron chi connectivity index (χ3n) is 1.98. The number of rotatable bonds is 7. The molecule has 1 aromatic rings. The smallest absolute Gasteiger partial charge is 0.124 e. The minimum atomic E-state index is 0. The van der Waals surface area contributed by atoms with E-state index >= 15 is 0 Å². The minimum Gasteiger partial charge on any atom is -0.489 e. The molecule has 0 atom stereocenters. The van der Waals surface area contributed by atoms with Gasteiger partial charge in [0.25, 0.3) is 0 Å². The van der Waals surface area contributed by atoms with Crippen LogP contribution in [-0.4, -0.2) is 24.9 Å². The van der Waals surface area contributed by atoms with Gasteiger partial charge < -0.3 is 15.2 Å². The van der Waals surface area contributed by atoms with Crippen LogP contribution in [0.2, 0.25) is 0 Å². The molecule has 0 fully saturated rings. The van der Waals surface area contributed by atoms with Gasteiger partial charge in [-0.05, 0) is 18.2 Å². The summed E-state index contributed by atoms with van der Waals surface area (Å²) in [4.78, 5) is 0. The number of ether oxygens (including phenoxy) is 1. The quantitative estimate of drug-likeness (QED) is 0.599. The summed E-state index contributed by atoms with van der Waals surface area (Å²) in [6, 6.07) is 5.86. The first-order valence-corrected chi connectivity index (χ1v) is 5.91. The van der Waals surface area contributed by atoms with Crippen LogP contribution in [0.25, 0.3) is 0 Å². The molecule has 96 valence electrons. The Morgan fingerprint density at radius 2 is 2.24 bits per heavy atom. The summed E-state index contributed by atoms with van der Waals surface area (Å²) in [5.41, 5.74) is 1.06. The molecular weight excluding hydrogens is 305 g/mol. The van der Waals surface area contributed by atoms with E-state index in [0.29, 0.717) is 19.7 Å². The fourth-order valence-electron chi connectivity index (χ4n) is 1.28. The molecule has 5 heteroatoms. The van der Waals surface area contributed by atoms with E-state index in [1.807, 2.05) is 18.2 Å². The lowest BCUT2D eigenvalue weighted by Crippen LogP contribution is -2.18. The predicted octanol–water partition coefficient (Wildman–Crippen LogP) is 2.52. The van der Waals surface area contributed by atoms with E-state index in [9.17, 15) is 0 Å².